The van der Waals surface area contributed by atoms with Crippen molar-refractivity contribution in [1.29, 1.82) is 0 Å². The van der Waals surface area contributed by atoms with Crippen molar-refractivity contribution >= 4 is 18.0 Å². The minimum absolute atomic E-state index is 0.211. The van der Waals surface area contributed by atoms with E-state index in [9.17, 15) is 4.79 Å². The van der Waals surface area contributed by atoms with Gasteiger partial charge in [-0.15, -0.1) is 5.10 Å². The Bertz CT molecular complexity index is 656. The highest BCUT2D eigenvalue weighted by atomic mass is 16.1. The van der Waals surface area contributed by atoms with Gasteiger partial charge >= 0.3 is 0 Å². The van der Waals surface area contributed by atoms with Gasteiger partial charge in [0.2, 0.25) is 5.82 Å². The second-order valence-electron chi connectivity index (χ2n) is 3.35. The number of aromatic nitrogens is 3. The van der Waals surface area contributed by atoms with E-state index < -0.39 is 0 Å². The van der Waals surface area contributed by atoms with Gasteiger partial charge in [-0.25, -0.2) is 9.50 Å². The van der Waals surface area contributed by atoms with Crippen molar-refractivity contribution in [2.75, 3.05) is 6.54 Å². The van der Waals surface area contributed by atoms with Gasteiger partial charge < -0.3 is 0 Å². The summed E-state index contributed by atoms with van der Waals surface area (Å²) in [5.74, 6) is 0.211. The number of hydrogen-bond donors (Lipinski definition) is 0. The monoisotopic (exact) mass is 200 g/mol. The fourth-order valence-electron chi connectivity index (χ4n) is 1.75. The highest BCUT2D eigenvalue weighted by molar-refractivity contribution is 5.70. The lowest BCUT2D eigenvalue weighted by atomic mass is 10.2. The van der Waals surface area contributed by atoms with E-state index >= 15 is 0 Å². The minimum Gasteiger partial charge on any atom is -0.294 e. The van der Waals surface area contributed by atoms with Crippen LogP contribution in [0.2, 0.25) is 0 Å². The van der Waals surface area contributed by atoms with Gasteiger partial charge in [-0.1, -0.05) is 6.08 Å². The zero-order valence-corrected chi connectivity index (χ0v) is 7.92. The molecule has 0 fully saturated rings. The van der Waals surface area contributed by atoms with E-state index in [0.717, 1.165) is 23.5 Å². The maximum Gasteiger partial charge on any atom is 0.215 e. The van der Waals surface area contributed by atoms with Crippen molar-refractivity contribution in [2.24, 2.45) is 4.99 Å². The highest BCUT2D eigenvalue weighted by Crippen LogP contribution is 1.94. The summed E-state index contributed by atoms with van der Waals surface area (Å²) in [5.41, 5.74) is 0.707. The lowest BCUT2D eigenvalue weighted by Crippen LogP contribution is -2.30. The summed E-state index contributed by atoms with van der Waals surface area (Å²) >= 11 is 0. The zero-order chi connectivity index (χ0) is 10.3. The first-order valence-corrected chi connectivity index (χ1v) is 4.74. The summed E-state index contributed by atoms with van der Waals surface area (Å²) in [7, 11) is 0. The number of nitrogens with zero attached hydrogens (tertiary/aromatic N) is 4. The van der Waals surface area contributed by atoms with Gasteiger partial charge in [-0.3, -0.25) is 9.79 Å². The highest BCUT2D eigenvalue weighted by Gasteiger charge is 2.05. The van der Waals surface area contributed by atoms with E-state index in [2.05, 4.69) is 21.2 Å². The average Bonchev–Trinajstić information content (AvgIpc) is 2.72. The van der Waals surface area contributed by atoms with Gasteiger partial charge in [0.1, 0.15) is 0 Å². The van der Waals surface area contributed by atoms with Gasteiger partial charge in [-0.05, 0) is 12.5 Å². The first kappa shape index (κ1) is 8.28. The Kier molecular flexibility index (Phi) is 1.65. The van der Waals surface area contributed by atoms with Crippen LogP contribution < -0.4 is 10.6 Å². The lowest BCUT2D eigenvalue weighted by Gasteiger charge is -1.99. The molecule has 0 atom stereocenters. The van der Waals surface area contributed by atoms with Crippen molar-refractivity contribution in [3.05, 3.63) is 28.7 Å². The molecule has 3 rings (SSSR count). The summed E-state index contributed by atoms with van der Waals surface area (Å²) in [6.45, 7) is 0.817. The van der Waals surface area contributed by atoms with Crippen LogP contribution in [0.25, 0.3) is 11.7 Å². The molecular formula is C10H8N4O. The van der Waals surface area contributed by atoms with Crippen LogP contribution in [0.5, 0.6) is 0 Å². The van der Waals surface area contributed by atoms with Crippen LogP contribution in [0.3, 0.4) is 0 Å². The molecule has 5 heteroatoms. The van der Waals surface area contributed by atoms with Crippen molar-refractivity contribution in [1.82, 2.24) is 14.6 Å². The second kappa shape index (κ2) is 2.98. The molecule has 0 unspecified atom stereocenters. The van der Waals surface area contributed by atoms with Crippen molar-refractivity contribution in [3.63, 3.8) is 0 Å². The molecule has 0 amide bonds. The molecule has 0 aromatic carbocycles. The van der Waals surface area contributed by atoms with E-state index in [-0.39, 0.29) is 5.82 Å². The number of aldehydes is 1. The summed E-state index contributed by atoms with van der Waals surface area (Å²) < 4.78 is 1.61. The Morgan fingerprint density at radius 1 is 1.47 bits per heavy atom. The summed E-state index contributed by atoms with van der Waals surface area (Å²) in [6, 6.07) is 1.89. The number of fused-ring (bicyclic) bond motifs is 3. The predicted molar refractivity (Wildman–Crippen MR) is 53.1 cm³/mol. The molecule has 74 valence electrons. The van der Waals surface area contributed by atoms with Crippen LogP contribution in [0, 0.1) is 0 Å². The molecule has 3 heterocycles. The Morgan fingerprint density at radius 2 is 2.40 bits per heavy atom. The SMILES string of the molecule is O=Cc1nc2c3c(ccn2n1)=NCCC=3. The molecule has 2 aromatic heterocycles. The molecule has 5 nitrogen and oxygen atoms in total. The molecule has 1 aliphatic heterocycles. The summed E-state index contributed by atoms with van der Waals surface area (Å²) in [4.78, 5) is 19.1. The van der Waals surface area contributed by atoms with E-state index in [4.69, 9.17) is 0 Å². The van der Waals surface area contributed by atoms with Crippen LogP contribution in [0.1, 0.15) is 17.0 Å². The smallest absolute Gasteiger partial charge is 0.215 e. The number of carbonyl (C=O) groups excluding carboxylic acids is 1. The van der Waals surface area contributed by atoms with Crippen LogP contribution >= 0.6 is 0 Å². The molecule has 15 heavy (non-hydrogen) atoms. The molecule has 0 N–H and O–H groups in total. The fraction of sp³-hybridized carbons (Fsp3) is 0.200. The number of pyridine rings is 1. The standard InChI is InChI=1S/C10H8N4O/c15-6-9-12-10-7-2-1-4-11-8(7)3-5-14(10)13-9/h2-3,5-6H,1,4H2. The quantitative estimate of drug-likeness (QED) is 0.574. The Hall–Kier alpha value is -2.04. The first-order valence-electron chi connectivity index (χ1n) is 4.74. The molecule has 0 saturated carbocycles. The maximum atomic E-state index is 10.6. The molecule has 1 aliphatic rings. The second-order valence-corrected chi connectivity index (χ2v) is 3.35. The van der Waals surface area contributed by atoms with Gasteiger partial charge in [0.25, 0.3) is 0 Å². The van der Waals surface area contributed by atoms with Gasteiger partial charge in [-0.2, -0.15) is 0 Å². The molecule has 0 bridgehead atoms. The Labute approximate surface area is 84.8 Å². The molecule has 0 spiro atoms. The fourth-order valence-corrected chi connectivity index (χ4v) is 1.75. The van der Waals surface area contributed by atoms with E-state index in [1.807, 2.05) is 6.07 Å². The van der Waals surface area contributed by atoms with E-state index in [1.54, 1.807) is 10.7 Å². The van der Waals surface area contributed by atoms with Gasteiger partial charge in [0, 0.05) is 18.0 Å². The topological polar surface area (TPSA) is 59.6 Å². The minimum atomic E-state index is 0.211. The maximum absolute atomic E-state index is 10.6. The van der Waals surface area contributed by atoms with Crippen LogP contribution in [0.4, 0.5) is 0 Å². The third-order valence-corrected chi connectivity index (χ3v) is 2.40. The lowest BCUT2D eigenvalue weighted by molar-refractivity contribution is 0.111. The molecule has 0 saturated heterocycles. The Morgan fingerprint density at radius 3 is 3.27 bits per heavy atom. The number of hydrogen-bond acceptors (Lipinski definition) is 4. The van der Waals surface area contributed by atoms with Crippen LogP contribution in [-0.2, 0) is 0 Å². The average molecular weight is 200 g/mol. The molecule has 0 aliphatic carbocycles. The summed E-state index contributed by atoms with van der Waals surface area (Å²) in [5, 5.41) is 5.92. The van der Waals surface area contributed by atoms with Gasteiger partial charge in [0.15, 0.2) is 11.9 Å². The largest absolute Gasteiger partial charge is 0.294 e. The van der Waals surface area contributed by atoms with Crippen molar-refractivity contribution in [3.8, 4) is 0 Å². The molecular weight excluding hydrogens is 192 g/mol. The van der Waals surface area contributed by atoms with E-state index in [1.165, 1.54) is 0 Å². The zero-order valence-electron chi connectivity index (χ0n) is 7.92. The van der Waals surface area contributed by atoms with Crippen LogP contribution in [-0.4, -0.2) is 27.4 Å². The third-order valence-electron chi connectivity index (χ3n) is 2.40. The summed E-state index contributed by atoms with van der Waals surface area (Å²) in [6.07, 6.45) is 5.42. The third kappa shape index (κ3) is 1.16. The molecule has 0 radical (unpaired) electrons. The van der Waals surface area contributed by atoms with Crippen LogP contribution in [0.15, 0.2) is 17.3 Å². The van der Waals surface area contributed by atoms with Crippen molar-refractivity contribution < 1.29 is 4.79 Å². The Balaban J connectivity index is 2.52. The normalized spacial score (nSPS) is 14.1. The molecule has 2 aromatic rings. The van der Waals surface area contributed by atoms with Gasteiger partial charge in [0.05, 0.1) is 5.36 Å². The van der Waals surface area contributed by atoms with E-state index in [0.29, 0.717) is 11.9 Å². The van der Waals surface area contributed by atoms with Crippen molar-refractivity contribution in [2.45, 2.75) is 6.42 Å². The number of rotatable bonds is 1. The first-order chi connectivity index (χ1) is 7.38. The number of carbonyl (C=O) groups is 1. The predicted octanol–water partition coefficient (Wildman–Crippen LogP) is -0.654.